The summed E-state index contributed by atoms with van der Waals surface area (Å²) in [4.78, 5) is 9.35. The predicted molar refractivity (Wildman–Crippen MR) is 121 cm³/mol. The van der Waals surface area contributed by atoms with Crippen molar-refractivity contribution in [2.75, 3.05) is 7.11 Å². The summed E-state index contributed by atoms with van der Waals surface area (Å²) in [5.74, 6) is 0.776. The molecule has 2 aromatic carbocycles. The van der Waals surface area contributed by atoms with E-state index in [0.717, 1.165) is 47.1 Å². The number of nitrogens with one attached hydrogen (secondary N) is 1. The number of benzene rings is 2. The second-order valence-corrected chi connectivity index (χ2v) is 7.09. The van der Waals surface area contributed by atoms with Crippen LogP contribution in [0.25, 0.3) is 28.4 Å². The molecule has 0 aliphatic heterocycles. The Morgan fingerprint density at radius 2 is 1.87 bits per heavy atom. The van der Waals surface area contributed by atoms with E-state index in [1.54, 1.807) is 14.0 Å². The van der Waals surface area contributed by atoms with Gasteiger partial charge in [-0.15, -0.1) is 0 Å². The predicted octanol–water partition coefficient (Wildman–Crippen LogP) is 5.18. The highest BCUT2D eigenvalue weighted by Gasteiger charge is 2.11. The molecule has 0 saturated carbocycles. The molecular weight excluding hydrogens is 376 g/mol. The van der Waals surface area contributed by atoms with Crippen molar-refractivity contribution in [3.05, 3.63) is 60.2 Å². The molecule has 0 saturated heterocycles. The molecule has 156 valence electrons. The topological polar surface area (TPSA) is 94.1 Å². The molecule has 1 heterocycles. The van der Waals surface area contributed by atoms with Crippen molar-refractivity contribution in [3.8, 4) is 17.1 Å². The van der Waals surface area contributed by atoms with Gasteiger partial charge in [-0.25, -0.2) is 9.97 Å². The van der Waals surface area contributed by atoms with Crippen LogP contribution in [0.5, 0.6) is 5.88 Å². The van der Waals surface area contributed by atoms with Crippen molar-refractivity contribution in [1.29, 1.82) is 5.41 Å². The van der Waals surface area contributed by atoms with Crippen LogP contribution in [-0.4, -0.2) is 29.2 Å². The Bertz CT molecular complexity index is 1030. The second kappa shape index (κ2) is 10.5. The molecule has 0 aliphatic rings. The number of methoxy groups -OCH3 is 1. The highest BCUT2D eigenvalue weighted by molar-refractivity contribution is 5.80. The molecule has 0 amide bonds. The normalized spacial score (nSPS) is 12.2. The van der Waals surface area contributed by atoms with Crippen molar-refractivity contribution in [2.45, 2.75) is 38.8 Å². The summed E-state index contributed by atoms with van der Waals surface area (Å²) in [7, 11) is 1.62. The van der Waals surface area contributed by atoms with Gasteiger partial charge in [0.05, 0.1) is 18.1 Å². The lowest BCUT2D eigenvalue weighted by atomic mass is 10.1. The maximum absolute atomic E-state index is 7.68. The SMILES string of the molecule is COc1nc2ccccc2nc1-c1cccc(/C=C/CCCCC(=N)OC(C)N)c1. The van der Waals surface area contributed by atoms with E-state index in [9.17, 15) is 0 Å². The Morgan fingerprint density at radius 3 is 2.60 bits per heavy atom. The van der Waals surface area contributed by atoms with Gasteiger partial charge in [0.2, 0.25) is 5.88 Å². The highest BCUT2D eigenvalue weighted by atomic mass is 16.5. The zero-order valence-electron chi connectivity index (χ0n) is 17.5. The Morgan fingerprint density at radius 1 is 1.10 bits per heavy atom. The monoisotopic (exact) mass is 404 g/mol. The third-order valence-corrected chi connectivity index (χ3v) is 4.56. The molecule has 6 nitrogen and oxygen atoms in total. The van der Waals surface area contributed by atoms with Crippen molar-refractivity contribution in [1.82, 2.24) is 9.97 Å². The maximum Gasteiger partial charge on any atom is 0.240 e. The largest absolute Gasteiger partial charge is 0.479 e. The first kappa shape index (κ1) is 21.5. The van der Waals surface area contributed by atoms with Crippen LogP contribution >= 0.6 is 0 Å². The van der Waals surface area contributed by atoms with Crippen molar-refractivity contribution in [3.63, 3.8) is 0 Å². The Labute approximate surface area is 177 Å². The van der Waals surface area contributed by atoms with E-state index in [1.165, 1.54) is 0 Å². The van der Waals surface area contributed by atoms with Crippen LogP contribution in [0.3, 0.4) is 0 Å². The first-order valence-corrected chi connectivity index (χ1v) is 10.1. The van der Waals surface area contributed by atoms with Crippen molar-refractivity contribution in [2.24, 2.45) is 5.73 Å². The summed E-state index contributed by atoms with van der Waals surface area (Å²) in [6, 6.07) is 16.0. The van der Waals surface area contributed by atoms with E-state index in [1.807, 2.05) is 36.4 Å². The zero-order chi connectivity index (χ0) is 21.3. The molecule has 1 aromatic heterocycles. The quantitative estimate of drug-likeness (QED) is 0.222. The number of nitrogens with zero attached hydrogens (tertiary/aromatic N) is 2. The first-order chi connectivity index (χ1) is 14.6. The summed E-state index contributed by atoms with van der Waals surface area (Å²) in [6.45, 7) is 1.73. The Kier molecular flexibility index (Phi) is 7.51. The fourth-order valence-electron chi connectivity index (χ4n) is 3.15. The minimum absolute atomic E-state index is 0.257. The molecule has 0 bridgehead atoms. The fourth-order valence-corrected chi connectivity index (χ4v) is 3.15. The summed E-state index contributed by atoms with van der Waals surface area (Å²) >= 11 is 0. The average molecular weight is 405 g/mol. The van der Waals surface area contributed by atoms with Gasteiger partial charge < -0.3 is 9.47 Å². The highest BCUT2D eigenvalue weighted by Crippen LogP contribution is 2.29. The van der Waals surface area contributed by atoms with Gasteiger partial charge in [0.25, 0.3) is 0 Å². The molecule has 6 heteroatoms. The molecule has 0 fully saturated rings. The third kappa shape index (κ3) is 5.87. The van der Waals surface area contributed by atoms with Gasteiger partial charge in [0.15, 0.2) is 5.90 Å². The standard InChI is InChI=1S/C24H28N4O2/c1-17(25)30-22(26)15-6-4-3-5-10-18-11-9-12-19(16-18)23-24(29-2)28-21-14-8-7-13-20(21)27-23/h5,7-14,16-17,26H,3-4,6,15,25H2,1-2H3/b10-5+,26-22?. The van der Waals surface area contributed by atoms with Gasteiger partial charge in [0, 0.05) is 12.0 Å². The van der Waals surface area contributed by atoms with Gasteiger partial charge >= 0.3 is 0 Å². The van der Waals surface area contributed by atoms with Crippen molar-refractivity contribution < 1.29 is 9.47 Å². The minimum Gasteiger partial charge on any atom is -0.479 e. The number of hydrogen-bond acceptors (Lipinski definition) is 6. The van der Waals surface area contributed by atoms with Gasteiger partial charge in [-0.05, 0) is 49.9 Å². The van der Waals surface area contributed by atoms with Crippen molar-refractivity contribution >= 4 is 23.0 Å². The van der Waals surface area contributed by atoms with Crippen LogP contribution in [0, 0.1) is 5.41 Å². The number of para-hydroxylation sites is 2. The molecule has 1 unspecified atom stereocenters. The van der Waals surface area contributed by atoms with Gasteiger partial charge in [-0.2, -0.15) is 0 Å². The molecule has 0 spiro atoms. The number of hydrogen-bond donors (Lipinski definition) is 2. The Hall–Kier alpha value is -3.25. The molecule has 0 radical (unpaired) electrons. The lowest BCUT2D eigenvalue weighted by molar-refractivity contribution is 0.206. The molecule has 3 rings (SSSR count). The molecule has 0 aliphatic carbocycles. The van der Waals surface area contributed by atoms with E-state index in [2.05, 4.69) is 29.3 Å². The Balaban J connectivity index is 1.64. The van der Waals surface area contributed by atoms with Gasteiger partial charge in [-0.1, -0.05) is 42.5 Å². The molecule has 3 aromatic rings. The van der Waals surface area contributed by atoms with E-state index < -0.39 is 6.23 Å². The zero-order valence-corrected chi connectivity index (χ0v) is 17.5. The number of unbranched alkanes of at least 4 members (excludes halogenated alkanes) is 2. The van der Waals surface area contributed by atoms with E-state index in [0.29, 0.717) is 12.3 Å². The number of fused-ring (bicyclic) bond motifs is 1. The number of ether oxygens (including phenoxy) is 2. The lowest BCUT2D eigenvalue weighted by Gasteiger charge is -2.09. The third-order valence-electron chi connectivity index (χ3n) is 4.56. The van der Waals surface area contributed by atoms with Crippen LogP contribution in [0.2, 0.25) is 0 Å². The summed E-state index contributed by atoms with van der Waals surface area (Å²) < 4.78 is 10.6. The van der Waals surface area contributed by atoms with Crippen LogP contribution < -0.4 is 10.5 Å². The number of nitrogens with two attached hydrogens (primary N) is 1. The molecule has 1 atom stereocenters. The first-order valence-electron chi connectivity index (χ1n) is 10.1. The van der Waals surface area contributed by atoms with E-state index in [4.69, 9.17) is 25.6 Å². The summed E-state index contributed by atoms with van der Waals surface area (Å²) in [5.41, 5.74) is 9.97. The molecule has 30 heavy (non-hydrogen) atoms. The van der Waals surface area contributed by atoms with Crippen LogP contribution in [0.15, 0.2) is 54.6 Å². The van der Waals surface area contributed by atoms with Crippen LogP contribution in [-0.2, 0) is 4.74 Å². The lowest BCUT2D eigenvalue weighted by Crippen LogP contribution is -2.22. The molecular formula is C24H28N4O2. The number of aromatic nitrogens is 2. The van der Waals surface area contributed by atoms with Crippen LogP contribution in [0.4, 0.5) is 0 Å². The number of allylic oxidation sites excluding steroid dienone is 1. The number of rotatable bonds is 9. The van der Waals surface area contributed by atoms with Crippen LogP contribution in [0.1, 0.15) is 38.2 Å². The summed E-state index contributed by atoms with van der Waals surface area (Å²) in [5, 5.41) is 7.68. The maximum atomic E-state index is 7.68. The minimum atomic E-state index is -0.421. The van der Waals surface area contributed by atoms with E-state index >= 15 is 0 Å². The molecule has 3 N–H and O–H groups in total. The fraction of sp³-hybridized carbons (Fsp3) is 0.292. The average Bonchev–Trinajstić information content (AvgIpc) is 2.75. The smallest absolute Gasteiger partial charge is 0.240 e. The second-order valence-electron chi connectivity index (χ2n) is 7.09. The van der Waals surface area contributed by atoms with Gasteiger partial charge in [0.1, 0.15) is 11.9 Å². The van der Waals surface area contributed by atoms with E-state index in [-0.39, 0.29) is 5.90 Å². The summed E-state index contributed by atoms with van der Waals surface area (Å²) in [6.07, 6.45) is 7.29. The van der Waals surface area contributed by atoms with Gasteiger partial charge in [-0.3, -0.25) is 11.1 Å².